The van der Waals surface area contributed by atoms with E-state index in [1.54, 1.807) is 6.92 Å². The number of alkyl halides is 3. The SMILES string of the molecule is CCOC(=O)c1cnn(C)c1NC(=O)c1cnn2c(C(F)(F)F)cc(C3CC3)nc12. The molecule has 0 spiro atoms. The minimum absolute atomic E-state index is 0.0202. The van der Waals surface area contributed by atoms with Gasteiger partial charge in [-0.1, -0.05) is 0 Å². The molecule has 1 aliphatic rings. The third-order valence-corrected chi connectivity index (χ3v) is 4.69. The van der Waals surface area contributed by atoms with Gasteiger partial charge in [-0.2, -0.15) is 23.4 Å². The van der Waals surface area contributed by atoms with Crippen molar-refractivity contribution in [2.45, 2.75) is 31.9 Å². The van der Waals surface area contributed by atoms with E-state index in [9.17, 15) is 22.8 Å². The predicted molar refractivity (Wildman–Crippen MR) is 97.1 cm³/mol. The molecule has 3 aromatic rings. The summed E-state index contributed by atoms with van der Waals surface area (Å²) in [5, 5.41) is 10.2. The summed E-state index contributed by atoms with van der Waals surface area (Å²) < 4.78 is 47.3. The summed E-state index contributed by atoms with van der Waals surface area (Å²) >= 11 is 0. The first kappa shape index (κ1) is 19.9. The van der Waals surface area contributed by atoms with Crippen molar-refractivity contribution in [1.29, 1.82) is 0 Å². The van der Waals surface area contributed by atoms with Gasteiger partial charge in [0.05, 0.1) is 19.0 Å². The van der Waals surface area contributed by atoms with Gasteiger partial charge in [0.15, 0.2) is 5.65 Å². The smallest absolute Gasteiger partial charge is 0.433 e. The van der Waals surface area contributed by atoms with E-state index in [2.05, 4.69) is 20.5 Å². The fourth-order valence-corrected chi connectivity index (χ4v) is 3.05. The van der Waals surface area contributed by atoms with Crippen LogP contribution in [0.3, 0.4) is 0 Å². The Labute approximate surface area is 167 Å². The van der Waals surface area contributed by atoms with E-state index in [0.29, 0.717) is 4.52 Å². The maximum atomic E-state index is 13.5. The Hall–Kier alpha value is -3.44. The highest BCUT2D eigenvalue weighted by molar-refractivity contribution is 6.10. The Morgan fingerprint density at radius 1 is 1.23 bits per heavy atom. The number of aryl methyl sites for hydroxylation is 1. The zero-order chi connectivity index (χ0) is 21.6. The average molecular weight is 422 g/mol. The lowest BCUT2D eigenvalue weighted by Crippen LogP contribution is -2.19. The second kappa shape index (κ2) is 7.11. The molecule has 158 valence electrons. The minimum Gasteiger partial charge on any atom is -0.462 e. The first-order valence-electron chi connectivity index (χ1n) is 9.17. The molecule has 1 fully saturated rings. The highest BCUT2D eigenvalue weighted by Gasteiger charge is 2.38. The molecule has 9 nitrogen and oxygen atoms in total. The van der Waals surface area contributed by atoms with Gasteiger partial charge >= 0.3 is 12.1 Å². The van der Waals surface area contributed by atoms with Crippen LogP contribution in [0.5, 0.6) is 0 Å². The Balaban J connectivity index is 1.74. The van der Waals surface area contributed by atoms with E-state index in [4.69, 9.17) is 4.74 Å². The number of fused-ring (bicyclic) bond motifs is 1. The third kappa shape index (κ3) is 3.48. The highest BCUT2D eigenvalue weighted by Crippen LogP contribution is 2.41. The number of anilines is 1. The molecule has 3 aromatic heterocycles. The summed E-state index contributed by atoms with van der Waals surface area (Å²) in [5.74, 6) is -1.47. The fraction of sp³-hybridized carbons (Fsp3) is 0.389. The molecule has 1 saturated carbocycles. The van der Waals surface area contributed by atoms with E-state index in [-0.39, 0.29) is 40.8 Å². The number of carbonyl (C=O) groups is 2. The molecule has 1 amide bonds. The van der Waals surface area contributed by atoms with Crippen LogP contribution in [0.15, 0.2) is 18.5 Å². The maximum Gasteiger partial charge on any atom is 0.433 e. The molecule has 3 heterocycles. The number of hydrogen-bond acceptors (Lipinski definition) is 6. The standard InChI is InChI=1S/C18H17F3N6O3/c1-3-30-17(29)11-8-22-26(2)14(11)25-16(28)10-7-23-27-13(18(19,20)21)6-12(9-4-5-9)24-15(10)27/h6-9H,3-5H2,1-2H3,(H,25,28). The first-order chi connectivity index (χ1) is 14.2. The van der Waals surface area contributed by atoms with Crippen molar-refractivity contribution in [3.63, 3.8) is 0 Å². The zero-order valence-corrected chi connectivity index (χ0v) is 16.0. The molecule has 0 bridgehead atoms. The normalized spacial score (nSPS) is 14.2. The number of ether oxygens (including phenoxy) is 1. The molecule has 0 aliphatic heterocycles. The van der Waals surface area contributed by atoms with Gasteiger partial charge in [-0.3, -0.25) is 9.48 Å². The Bertz CT molecular complexity index is 1150. The van der Waals surface area contributed by atoms with Crippen molar-refractivity contribution < 1.29 is 27.5 Å². The van der Waals surface area contributed by atoms with Crippen LogP contribution in [0.2, 0.25) is 0 Å². The van der Waals surface area contributed by atoms with Gasteiger partial charge in [-0.15, -0.1) is 0 Å². The van der Waals surface area contributed by atoms with Crippen LogP contribution >= 0.6 is 0 Å². The molecule has 4 rings (SSSR count). The number of carbonyl (C=O) groups excluding carboxylic acids is 2. The van der Waals surface area contributed by atoms with Gasteiger partial charge in [0.1, 0.15) is 22.6 Å². The second-order valence-electron chi connectivity index (χ2n) is 6.84. The van der Waals surface area contributed by atoms with E-state index >= 15 is 0 Å². The van der Waals surface area contributed by atoms with Crippen LogP contribution in [0, 0.1) is 0 Å². The molecule has 0 unspecified atom stereocenters. The van der Waals surface area contributed by atoms with Crippen LogP contribution in [-0.4, -0.2) is 42.9 Å². The highest BCUT2D eigenvalue weighted by atomic mass is 19.4. The molecule has 12 heteroatoms. The summed E-state index contributed by atoms with van der Waals surface area (Å²) in [6.45, 7) is 1.76. The average Bonchev–Trinajstić information content (AvgIpc) is 3.35. The monoisotopic (exact) mass is 422 g/mol. The van der Waals surface area contributed by atoms with E-state index < -0.39 is 23.7 Å². The first-order valence-corrected chi connectivity index (χ1v) is 9.17. The number of halogens is 3. The van der Waals surface area contributed by atoms with E-state index in [0.717, 1.165) is 25.1 Å². The number of amides is 1. The summed E-state index contributed by atoms with van der Waals surface area (Å²) in [5.41, 5.74) is -1.06. The van der Waals surface area contributed by atoms with Gasteiger partial charge in [0.25, 0.3) is 5.91 Å². The van der Waals surface area contributed by atoms with Crippen molar-refractivity contribution in [2.24, 2.45) is 7.05 Å². The summed E-state index contributed by atoms with van der Waals surface area (Å²) in [4.78, 5) is 29.2. The Kier molecular flexibility index (Phi) is 4.71. The van der Waals surface area contributed by atoms with Crippen molar-refractivity contribution >= 4 is 23.3 Å². The molecule has 30 heavy (non-hydrogen) atoms. The quantitative estimate of drug-likeness (QED) is 0.635. The molecular weight excluding hydrogens is 405 g/mol. The third-order valence-electron chi connectivity index (χ3n) is 4.69. The van der Waals surface area contributed by atoms with Gasteiger partial charge in [-0.25, -0.2) is 14.3 Å². The van der Waals surface area contributed by atoms with Gasteiger partial charge in [0.2, 0.25) is 0 Å². The van der Waals surface area contributed by atoms with Crippen LogP contribution in [-0.2, 0) is 18.0 Å². The van der Waals surface area contributed by atoms with E-state index in [1.807, 2.05) is 0 Å². The van der Waals surface area contributed by atoms with Crippen LogP contribution in [0.25, 0.3) is 5.65 Å². The molecule has 0 aromatic carbocycles. The lowest BCUT2D eigenvalue weighted by atomic mass is 10.2. The Morgan fingerprint density at radius 2 is 1.93 bits per heavy atom. The number of nitrogens with zero attached hydrogens (tertiary/aromatic N) is 5. The topological polar surface area (TPSA) is 103 Å². The molecule has 0 atom stereocenters. The number of rotatable bonds is 5. The van der Waals surface area contributed by atoms with Gasteiger partial charge in [0, 0.05) is 18.7 Å². The largest absolute Gasteiger partial charge is 0.462 e. The van der Waals surface area contributed by atoms with Crippen LogP contribution in [0.4, 0.5) is 19.0 Å². The molecule has 0 radical (unpaired) electrons. The van der Waals surface area contributed by atoms with Crippen molar-refractivity contribution in [2.75, 3.05) is 11.9 Å². The lowest BCUT2D eigenvalue weighted by molar-refractivity contribution is -0.142. The van der Waals surface area contributed by atoms with Gasteiger partial charge < -0.3 is 10.1 Å². The number of nitrogens with one attached hydrogen (secondary N) is 1. The van der Waals surface area contributed by atoms with E-state index in [1.165, 1.54) is 17.9 Å². The van der Waals surface area contributed by atoms with Crippen molar-refractivity contribution in [1.82, 2.24) is 24.4 Å². The predicted octanol–water partition coefficient (Wildman–Crippen LogP) is 2.79. The van der Waals surface area contributed by atoms with Gasteiger partial charge in [-0.05, 0) is 25.8 Å². The number of aromatic nitrogens is 5. The fourth-order valence-electron chi connectivity index (χ4n) is 3.05. The molecular formula is C18H17F3N6O3. The number of esters is 1. The molecule has 1 N–H and O–H groups in total. The van der Waals surface area contributed by atoms with Crippen molar-refractivity contribution in [3.05, 3.63) is 41.0 Å². The zero-order valence-electron chi connectivity index (χ0n) is 16.0. The second-order valence-corrected chi connectivity index (χ2v) is 6.84. The summed E-state index contributed by atoms with van der Waals surface area (Å²) in [7, 11) is 1.50. The summed E-state index contributed by atoms with van der Waals surface area (Å²) in [6.07, 6.45) is -0.926. The lowest BCUT2D eigenvalue weighted by Gasteiger charge is -2.11. The summed E-state index contributed by atoms with van der Waals surface area (Å²) in [6, 6.07) is 0.972. The minimum atomic E-state index is -4.66. The maximum absolute atomic E-state index is 13.5. The van der Waals surface area contributed by atoms with Crippen molar-refractivity contribution in [3.8, 4) is 0 Å². The number of hydrogen-bond donors (Lipinski definition) is 1. The molecule has 1 aliphatic carbocycles. The van der Waals surface area contributed by atoms with Crippen LogP contribution < -0.4 is 5.32 Å². The molecule has 0 saturated heterocycles. The Morgan fingerprint density at radius 3 is 2.57 bits per heavy atom. The van der Waals surface area contributed by atoms with Crippen LogP contribution in [0.1, 0.15) is 57.8 Å².